The Labute approximate surface area is 230 Å². The van der Waals surface area contributed by atoms with Gasteiger partial charge in [-0.15, -0.1) is 0 Å². The van der Waals surface area contributed by atoms with Gasteiger partial charge in [-0.1, -0.05) is 0 Å². The molecule has 0 fully saturated rings. The minimum atomic E-state index is -4.03. The maximum absolute atomic E-state index is 4.03. The van der Waals surface area contributed by atoms with Gasteiger partial charge in [0.05, 0.1) is 0 Å². The van der Waals surface area contributed by atoms with Gasteiger partial charge in [-0.25, -0.2) is 0 Å². The Morgan fingerprint density at radius 3 is 1.11 bits per heavy atom. The first-order chi connectivity index (χ1) is 17.9. The fourth-order valence-electron chi connectivity index (χ4n) is 6.53. The van der Waals surface area contributed by atoms with Gasteiger partial charge in [0.2, 0.25) is 0 Å². The van der Waals surface area contributed by atoms with Crippen molar-refractivity contribution >= 4 is 40.4 Å². The molecule has 0 nitrogen and oxygen atoms in total. The molecule has 188 valence electrons. The Bertz CT molecular complexity index is 1170. The number of rotatable bonds is 9. The topological polar surface area (TPSA) is 0 Å². The van der Waals surface area contributed by atoms with E-state index in [-0.39, 0.29) is 0 Å². The normalized spacial score (nSPS) is 12.7. The predicted octanol–water partition coefficient (Wildman–Crippen LogP) is 7.66. The third-order valence-corrected chi connectivity index (χ3v) is 26.9. The van der Waals surface area contributed by atoms with E-state index in [2.05, 4.69) is 163 Å². The van der Waals surface area contributed by atoms with E-state index in [1.54, 1.807) is 8.60 Å². The second-order valence-electron chi connectivity index (χ2n) is 11.2. The molecule has 0 unspecified atom stereocenters. The average Bonchev–Trinajstić information content (AvgIpc) is 2.92. The van der Waals surface area contributed by atoms with Crippen LogP contribution in [0.3, 0.4) is 0 Å². The van der Waals surface area contributed by atoms with Crippen molar-refractivity contribution in [1.29, 1.82) is 0 Å². The van der Waals surface area contributed by atoms with Crippen LogP contribution in [0.1, 0.15) is 47.1 Å². The van der Waals surface area contributed by atoms with Crippen LogP contribution < -0.4 is 9.37 Å². The van der Waals surface area contributed by atoms with Crippen molar-refractivity contribution in [2.45, 2.75) is 53.2 Å². The summed E-state index contributed by atoms with van der Waals surface area (Å²) in [6, 6.07) is 45.8. The summed E-state index contributed by atoms with van der Waals surface area (Å²) in [4.78, 5) is 0. The molecule has 0 amide bonds. The van der Waals surface area contributed by atoms with Gasteiger partial charge in [-0.2, -0.15) is 0 Å². The molecule has 0 saturated heterocycles. The molecule has 2 heteroatoms. The van der Waals surface area contributed by atoms with E-state index < -0.39 is 21.2 Å². The molecular formula is C35H41BPb. The molecule has 0 atom stereocenters. The van der Waals surface area contributed by atoms with Gasteiger partial charge in [0.15, 0.2) is 0 Å². The molecule has 0 aromatic heterocycles. The van der Waals surface area contributed by atoms with Crippen molar-refractivity contribution in [1.82, 2.24) is 0 Å². The summed E-state index contributed by atoms with van der Waals surface area (Å²) in [5.74, 6) is 1.56. The number of benzene rings is 4. The van der Waals surface area contributed by atoms with Crippen molar-refractivity contribution in [2.24, 2.45) is 5.92 Å². The van der Waals surface area contributed by atoms with Crippen LogP contribution in [0.2, 0.25) is 11.6 Å². The summed E-state index contributed by atoms with van der Waals surface area (Å²) in [7, 11) is 0. The second-order valence-corrected chi connectivity index (χ2v) is 25.7. The molecule has 4 aromatic carbocycles. The van der Waals surface area contributed by atoms with Crippen molar-refractivity contribution in [2.75, 3.05) is 0 Å². The van der Waals surface area contributed by atoms with Crippen molar-refractivity contribution in [3.63, 3.8) is 0 Å². The zero-order valence-electron chi connectivity index (χ0n) is 23.4. The number of allylic oxidation sites excluding steroid dienone is 1. The molecule has 0 spiro atoms. The monoisotopic (exact) mass is 680 g/mol. The summed E-state index contributed by atoms with van der Waals surface area (Å²) in [6.07, 6.45) is 0. The van der Waals surface area contributed by atoms with Crippen LogP contribution in [0.5, 0.6) is 0 Å². The molecular weight excluding hydrogens is 638 g/mol. The van der Waals surface area contributed by atoms with Crippen LogP contribution in [0.4, 0.5) is 0 Å². The molecule has 0 aliphatic heterocycles. The molecule has 0 radical (unpaired) electrons. The van der Waals surface area contributed by atoms with Gasteiger partial charge < -0.3 is 0 Å². The quantitative estimate of drug-likeness (QED) is 0.160. The molecule has 0 saturated carbocycles. The van der Waals surface area contributed by atoms with E-state index in [1.165, 1.54) is 14.9 Å². The van der Waals surface area contributed by atoms with Crippen molar-refractivity contribution < 1.29 is 0 Å². The Morgan fingerprint density at radius 1 is 0.486 bits per heavy atom. The van der Waals surface area contributed by atoms with Crippen molar-refractivity contribution in [3.8, 4) is 0 Å². The summed E-state index contributed by atoms with van der Waals surface area (Å²) in [6.45, 7) is 15.0. The van der Waals surface area contributed by atoms with Crippen LogP contribution in [0.15, 0.2) is 127 Å². The molecule has 0 N–H and O–H groups in total. The average molecular weight is 680 g/mol. The molecule has 37 heavy (non-hydrogen) atoms. The summed E-state index contributed by atoms with van der Waals surface area (Å²) in [5.41, 5.74) is 3.06. The Hall–Kier alpha value is -2.39. The van der Waals surface area contributed by atoms with E-state index in [4.69, 9.17) is 0 Å². The van der Waals surface area contributed by atoms with Gasteiger partial charge in [-0.3, -0.25) is 0 Å². The number of hydrogen-bond acceptors (Lipinski definition) is 0. The fourth-order valence-corrected chi connectivity index (χ4v) is 27.6. The van der Waals surface area contributed by atoms with E-state index in [0.717, 1.165) is 0 Å². The standard InChI is InChI=1S/C17H26B.3C6H5.Pb/c1-13(2)17(18(14(3)4)15(5)6)12-16-10-8-7-9-11-16;3*1-2-4-6-5-3-1;/h7-11,13-15H,1-6H3;3*1-5H;. The molecule has 0 aliphatic rings. The first-order valence-electron chi connectivity index (χ1n) is 13.9. The summed E-state index contributed by atoms with van der Waals surface area (Å²) < 4.78 is 6.22. The first kappa shape index (κ1) is 27.6. The first-order valence-corrected chi connectivity index (χ1v) is 21.6. The molecule has 0 heterocycles. The van der Waals surface area contributed by atoms with Crippen LogP contribution in [0.25, 0.3) is 3.13 Å². The third kappa shape index (κ3) is 5.57. The van der Waals surface area contributed by atoms with Crippen LogP contribution in [-0.4, -0.2) is 27.9 Å². The molecule has 4 rings (SSSR count). The Balaban J connectivity index is 2.32. The van der Waals surface area contributed by atoms with E-state index in [0.29, 0.717) is 24.3 Å². The number of hydrogen-bond donors (Lipinski definition) is 0. The minimum absolute atomic E-state index is 0.445. The van der Waals surface area contributed by atoms with Gasteiger partial charge in [0.1, 0.15) is 0 Å². The predicted molar refractivity (Wildman–Crippen MR) is 168 cm³/mol. The maximum atomic E-state index is 2.43. The van der Waals surface area contributed by atoms with Gasteiger partial charge in [0.25, 0.3) is 0 Å². The summed E-state index contributed by atoms with van der Waals surface area (Å²) >= 11 is -4.03. The van der Waals surface area contributed by atoms with Crippen LogP contribution in [-0.2, 0) is 0 Å². The van der Waals surface area contributed by atoms with Gasteiger partial charge in [-0.05, 0) is 0 Å². The Morgan fingerprint density at radius 2 is 0.811 bits per heavy atom. The zero-order chi connectivity index (χ0) is 26.4. The fraction of sp³-hybridized carbons (Fsp3) is 0.257. The second kappa shape index (κ2) is 12.4. The zero-order valence-corrected chi connectivity index (χ0v) is 27.2. The van der Waals surface area contributed by atoms with Gasteiger partial charge in [0, 0.05) is 0 Å². The third-order valence-electron chi connectivity index (χ3n) is 7.76. The van der Waals surface area contributed by atoms with Gasteiger partial charge >= 0.3 is 232 Å². The SMILES string of the molecule is CC(C)B(/C(=[C](/c1ccccc1)[Pb]([c]1ccccc1)([c]1ccccc1)[c]1ccccc1)C(C)C)C(C)C. The molecule has 0 aliphatic carbocycles. The van der Waals surface area contributed by atoms with Crippen LogP contribution in [0, 0.1) is 5.92 Å². The summed E-state index contributed by atoms with van der Waals surface area (Å²) in [5, 5.41) is 0. The van der Waals surface area contributed by atoms with Crippen molar-refractivity contribution in [3.05, 3.63) is 132 Å². The Kier molecular flexibility index (Phi) is 9.29. The van der Waals surface area contributed by atoms with E-state index >= 15 is 0 Å². The van der Waals surface area contributed by atoms with E-state index in [9.17, 15) is 0 Å². The van der Waals surface area contributed by atoms with E-state index in [1.807, 2.05) is 0 Å². The molecule has 0 bridgehead atoms. The molecule has 4 aromatic rings. The van der Waals surface area contributed by atoms with Crippen LogP contribution >= 0.6 is 0 Å².